The van der Waals surface area contributed by atoms with Crippen LogP contribution in [0.5, 0.6) is 11.5 Å². The maximum absolute atomic E-state index is 14.2. The summed E-state index contributed by atoms with van der Waals surface area (Å²) in [6.45, 7) is 4.98. The third-order valence-electron chi connectivity index (χ3n) is 9.78. The number of amides is 3. The Morgan fingerprint density at radius 3 is 2.53 bits per heavy atom. The summed E-state index contributed by atoms with van der Waals surface area (Å²) in [4.78, 5) is 51.1. The lowest BCUT2D eigenvalue weighted by molar-refractivity contribution is -0.132. The number of unbranched alkanes of at least 4 members (excludes halogenated alkanes) is 1. The van der Waals surface area contributed by atoms with Crippen LogP contribution in [-0.2, 0) is 40.7 Å². The first kappa shape index (κ1) is 40.4. The molecular formula is C44H50FN7O5. The molecule has 0 radical (unpaired) electrons. The van der Waals surface area contributed by atoms with E-state index in [1.807, 2.05) is 74.7 Å². The maximum atomic E-state index is 14.2. The summed E-state index contributed by atoms with van der Waals surface area (Å²) in [6, 6.07) is 18.5. The van der Waals surface area contributed by atoms with Crippen LogP contribution in [0.15, 0.2) is 97.7 Å². The number of nitrogens with zero attached hydrogens (tertiary/aromatic N) is 4. The lowest BCUT2D eigenvalue weighted by Gasteiger charge is -2.25. The molecule has 2 aliphatic heterocycles. The van der Waals surface area contributed by atoms with Crippen molar-refractivity contribution >= 4 is 23.8 Å². The van der Waals surface area contributed by atoms with Gasteiger partial charge in [0.25, 0.3) is 0 Å². The molecule has 3 amide bonds. The van der Waals surface area contributed by atoms with Gasteiger partial charge in [-0.15, -0.1) is 0 Å². The second kappa shape index (κ2) is 19.6. The van der Waals surface area contributed by atoms with E-state index in [-0.39, 0.29) is 24.6 Å². The largest absolute Gasteiger partial charge is 0.494 e. The molecule has 7 rings (SSSR count). The van der Waals surface area contributed by atoms with E-state index in [0.29, 0.717) is 61.1 Å². The molecule has 3 N–H and O–H groups in total. The minimum Gasteiger partial charge on any atom is -0.494 e. The molecule has 12 nitrogen and oxygen atoms in total. The normalized spacial score (nSPS) is 18.8. The van der Waals surface area contributed by atoms with Gasteiger partial charge in [0.2, 0.25) is 17.7 Å². The van der Waals surface area contributed by atoms with Gasteiger partial charge in [-0.25, -0.2) is 14.4 Å². The first-order valence-electron chi connectivity index (χ1n) is 19.4. The number of benzene rings is 3. The van der Waals surface area contributed by atoms with Gasteiger partial charge in [-0.05, 0) is 91.9 Å². The molecule has 4 heterocycles. The topological polar surface area (TPSA) is 141 Å². The molecule has 13 heteroatoms. The predicted molar refractivity (Wildman–Crippen MR) is 216 cm³/mol. The number of hydrogen-bond acceptors (Lipinski definition) is 7. The summed E-state index contributed by atoms with van der Waals surface area (Å²) >= 11 is 0. The number of rotatable bonds is 7. The van der Waals surface area contributed by atoms with Gasteiger partial charge in [-0.2, -0.15) is 0 Å². The highest BCUT2D eigenvalue weighted by molar-refractivity contribution is 5.93. The van der Waals surface area contributed by atoms with Crippen molar-refractivity contribution in [3.8, 4) is 22.8 Å². The van der Waals surface area contributed by atoms with E-state index >= 15 is 0 Å². The third kappa shape index (κ3) is 11.2. The average molecular weight is 776 g/mol. The molecule has 298 valence electrons. The molecule has 0 saturated heterocycles. The number of hydrogen-bond donors (Lipinski definition) is 3. The van der Waals surface area contributed by atoms with Gasteiger partial charge in [-0.3, -0.25) is 14.4 Å². The Hall–Kier alpha value is -6.24. The van der Waals surface area contributed by atoms with Gasteiger partial charge in [-0.1, -0.05) is 43.7 Å². The van der Waals surface area contributed by atoms with Gasteiger partial charge in [0.1, 0.15) is 42.0 Å². The highest BCUT2D eigenvalue weighted by atomic mass is 19.1. The van der Waals surface area contributed by atoms with Crippen molar-refractivity contribution in [1.82, 2.24) is 35.1 Å². The Morgan fingerprint density at radius 1 is 0.965 bits per heavy atom. The Bertz CT molecular complexity index is 2140. The van der Waals surface area contributed by atoms with Gasteiger partial charge >= 0.3 is 0 Å². The van der Waals surface area contributed by atoms with Crippen LogP contribution < -0.4 is 25.4 Å². The van der Waals surface area contributed by atoms with Crippen LogP contribution in [-0.4, -0.2) is 68.7 Å². The number of nitrogens with one attached hydrogen (secondary N) is 3. The minimum atomic E-state index is -1.06. The second-order valence-corrected chi connectivity index (χ2v) is 14.2. The van der Waals surface area contributed by atoms with Crippen molar-refractivity contribution in [2.45, 2.75) is 70.5 Å². The van der Waals surface area contributed by atoms with Gasteiger partial charge in [0.05, 0.1) is 30.6 Å². The Kier molecular flexibility index (Phi) is 13.9. The van der Waals surface area contributed by atoms with E-state index < -0.39 is 29.9 Å². The van der Waals surface area contributed by atoms with Crippen LogP contribution in [0.1, 0.15) is 61.7 Å². The molecule has 2 aromatic heterocycles. The fourth-order valence-electron chi connectivity index (χ4n) is 6.64. The van der Waals surface area contributed by atoms with Crippen LogP contribution >= 0.6 is 0 Å². The molecule has 0 fully saturated rings. The molecular weight excluding hydrogens is 726 g/mol. The number of aromatic nitrogens is 4. The third-order valence-corrected chi connectivity index (χ3v) is 9.78. The smallest absolute Gasteiger partial charge is 0.243 e. The van der Waals surface area contributed by atoms with Crippen molar-refractivity contribution in [2.24, 2.45) is 7.05 Å². The highest BCUT2D eigenvalue weighted by Crippen LogP contribution is 2.27. The summed E-state index contributed by atoms with van der Waals surface area (Å²) < 4.78 is 29.6. The Balaban J connectivity index is 1.33. The standard InChI is InChI=1S/C44H50FN7O5/c1-4-5-21-46-43(54)38-25-32-13-19-36(20-14-32)56-22-7-10-31-9-6-11-37(24-31)57-23-8-12-40-41(33-15-17-34(45)18-16-33)48-29-52(40)30(2)42(53)49-39(44(55)50-38)26-35-27-51(3)28-47-35/h6-7,9-11,13-20,24,27-30,38-39H,4-5,8,12,21-23,25-26H2,1-3H3,(H,46,54)(H,49,53)(H,50,55)/b10-7-/t30-,38-,39-/m0/s1. The summed E-state index contributed by atoms with van der Waals surface area (Å²) in [7, 11) is 1.82. The van der Waals surface area contributed by atoms with Gasteiger partial charge < -0.3 is 34.6 Å². The molecule has 0 aliphatic carbocycles. The number of carbonyl (C=O) groups is 3. The highest BCUT2D eigenvalue weighted by Gasteiger charge is 2.30. The molecule has 3 atom stereocenters. The summed E-state index contributed by atoms with van der Waals surface area (Å²) in [5.74, 6) is -0.257. The number of halogens is 1. The Morgan fingerprint density at radius 2 is 1.77 bits per heavy atom. The zero-order valence-corrected chi connectivity index (χ0v) is 32.6. The van der Waals surface area contributed by atoms with E-state index in [0.717, 1.165) is 29.7 Å². The maximum Gasteiger partial charge on any atom is 0.243 e. The molecule has 4 bridgehead atoms. The minimum absolute atomic E-state index is 0.0892. The molecule has 3 aromatic carbocycles. The van der Waals surface area contributed by atoms with Crippen LogP contribution in [0.25, 0.3) is 17.3 Å². The van der Waals surface area contributed by atoms with E-state index in [1.165, 1.54) is 12.1 Å². The average Bonchev–Trinajstić information content (AvgIpc) is 3.83. The van der Waals surface area contributed by atoms with Crippen LogP contribution in [0.2, 0.25) is 0 Å². The van der Waals surface area contributed by atoms with Crippen LogP contribution in [0.3, 0.4) is 0 Å². The lowest BCUT2D eigenvalue weighted by Crippen LogP contribution is -2.55. The zero-order valence-electron chi connectivity index (χ0n) is 32.6. The number of ether oxygens (including phenoxy) is 2. The van der Waals surface area contributed by atoms with Crippen molar-refractivity contribution < 1.29 is 28.2 Å². The van der Waals surface area contributed by atoms with E-state index in [9.17, 15) is 18.8 Å². The molecule has 2 aliphatic rings. The first-order valence-corrected chi connectivity index (χ1v) is 19.4. The van der Waals surface area contributed by atoms with E-state index in [1.54, 1.807) is 47.0 Å². The first-order chi connectivity index (χ1) is 27.7. The molecule has 57 heavy (non-hydrogen) atoms. The molecule has 5 aromatic rings. The van der Waals surface area contributed by atoms with Crippen LogP contribution in [0, 0.1) is 5.82 Å². The van der Waals surface area contributed by atoms with E-state index in [2.05, 4.69) is 25.9 Å². The van der Waals surface area contributed by atoms with Crippen molar-refractivity contribution in [1.29, 1.82) is 0 Å². The van der Waals surface area contributed by atoms with Crippen LogP contribution in [0.4, 0.5) is 4.39 Å². The predicted octanol–water partition coefficient (Wildman–Crippen LogP) is 5.77. The summed E-state index contributed by atoms with van der Waals surface area (Å²) in [5.41, 5.74) is 4.46. The van der Waals surface area contributed by atoms with E-state index in [4.69, 9.17) is 9.47 Å². The molecule has 0 unspecified atom stereocenters. The zero-order chi connectivity index (χ0) is 40.1. The molecule has 0 saturated carbocycles. The molecule has 0 spiro atoms. The lowest BCUT2D eigenvalue weighted by atomic mass is 10.0. The summed E-state index contributed by atoms with van der Waals surface area (Å²) in [6.07, 6.45) is 12.0. The monoisotopic (exact) mass is 775 g/mol. The number of aryl methyl sites for hydroxylation is 1. The van der Waals surface area contributed by atoms with Crippen molar-refractivity contribution in [2.75, 3.05) is 19.8 Å². The number of imidazole rings is 2. The van der Waals surface area contributed by atoms with Crippen molar-refractivity contribution in [3.63, 3.8) is 0 Å². The number of fused-ring (bicyclic) bond motifs is 14. The van der Waals surface area contributed by atoms with Gasteiger partial charge in [0.15, 0.2) is 0 Å². The fraction of sp³-hybridized carbons (Fsp3) is 0.341. The van der Waals surface area contributed by atoms with Crippen molar-refractivity contribution in [3.05, 3.63) is 126 Å². The second-order valence-electron chi connectivity index (χ2n) is 14.2. The van der Waals surface area contributed by atoms with Gasteiger partial charge in [0, 0.05) is 43.9 Å². The number of carbonyl (C=O) groups excluding carboxylic acids is 3. The summed E-state index contributed by atoms with van der Waals surface area (Å²) in [5, 5.41) is 8.87. The SMILES string of the molecule is CCCCNC(=O)[C@@H]1Cc2ccc(cc2)OC/C=C\c2cccc(c2)OCCCc2c(-c3ccc(F)cc3)ncn2[C@@H](C)C(=O)N[C@@H](Cc2cn(C)cn2)C(=O)N1. The quantitative estimate of drug-likeness (QED) is 0.178. The Labute approximate surface area is 332 Å². The fourth-order valence-corrected chi connectivity index (χ4v) is 6.64.